The van der Waals surface area contributed by atoms with Crippen LogP contribution in [0.2, 0.25) is 5.02 Å². The van der Waals surface area contributed by atoms with E-state index in [9.17, 15) is 9.59 Å². The molecule has 1 fully saturated rings. The SMILES string of the molecule is CC[C@@H]1CCCCN1CC(=O)N(C)CC(=O)Nc1ccccc1Cl. The van der Waals surface area contributed by atoms with E-state index in [2.05, 4.69) is 17.1 Å². The van der Waals surface area contributed by atoms with E-state index >= 15 is 0 Å². The van der Waals surface area contributed by atoms with E-state index in [-0.39, 0.29) is 18.4 Å². The van der Waals surface area contributed by atoms with Crippen LogP contribution in [0, 0.1) is 0 Å². The molecule has 1 heterocycles. The predicted octanol–water partition coefficient (Wildman–Crippen LogP) is 3.00. The maximum Gasteiger partial charge on any atom is 0.244 e. The smallest absolute Gasteiger partial charge is 0.244 e. The van der Waals surface area contributed by atoms with Gasteiger partial charge in [0.05, 0.1) is 23.8 Å². The molecule has 0 spiro atoms. The Morgan fingerprint density at radius 2 is 2.08 bits per heavy atom. The van der Waals surface area contributed by atoms with Crippen molar-refractivity contribution in [3.8, 4) is 0 Å². The normalized spacial score (nSPS) is 18.2. The van der Waals surface area contributed by atoms with Crippen LogP contribution in [0.5, 0.6) is 0 Å². The van der Waals surface area contributed by atoms with Crippen LogP contribution in [0.3, 0.4) is 0 Å². The Morgan fingerprint density at radius 1 is 1.33 bits per heavy atom. The number of halogens is 1. The van der Waals surface area contributed by atoms with E-state index in [0.29, 0.717) is 23.3 Å². The number of carbonyl (C=O) groups is 2. The van der Waals surface area contributed by atoms with Crippen LogP contribution in [-0.4, -0.2) is 54.3 Å². The maximum atomic E-state index is 12.4. The third-order valence-corrected chi connectivity index (χ3v) is 4.84. The number of benzene rings is 1. The fourth-order valence-corrected chi connectivity index (χ4v) is 3.26. The van der Waals surface area contributed by atoms with Crippen LogP contribution >= 0.6 is 11.6 Å². The zero-order chi connectivity index (χ0) is 17.5. The molecular formula is C18H26ClN3O2. The lowest BCUT2D eigenvalue weighted by Crippen LogP contribution is -2.47. The summed E-state index contributed by atoms with van der Waals surface area (Å²) in [5.41, 5.74) is 0.562. The lowest BCUT2D eigenvalue weighted by Gasteiger charge is -2.35. The first kappa shape index (κ1) is 18.7. The second-order valence-electron chi connectivity index (χ2n) is 6.31. The van der Waals surface area contributed by atoms with Crippen LogP contribution in [-0.2, 0) is 9.59 Å². The molecule has 0 aromatic heterocycles. The van der Waals surface area contributed by atoms with Crippen molar-refractivity contribution in [3.63, 3.8) is 0 Å². The molecule has 1 aromatic carbocycles. The zero-order valence-electron chi connectivity index (χ0n) is 14.4. The van der Waals surface area contributed by atoms with Gasteiger partial charge in [-0.3, -0.25) is 14.5 Å². The van der Waals surface area contributed by atoms with E-state index in [4.69, 9.17) is 11.6 Å². The molecule has 0 radical (unpaired) electrons. The van der Waals surface area contributed by atoms with Gasteiger partial charge < -0.3 is 10.2 Å². The standard InChI is InChI=1S/C18H26ClN3O2/c1-3-14-8-6-7-11-22(14)13-18(24)21(2)12-17(23)20-16-10-5-4-9-15(16)19/h4-5,9-10,14H,3,6-8,11-13H2,1-2H3,(H,20,23)/t14-/m1/s1. The molecule has 1 aliphatic heterocycles. The summed E-state index contributed by atoms with van der Waals surface area (Å²) in [6.45, 7) is 3.53. The topological polar surface area (TPSA) is 52.7 Å². The summed E-state index contributed by atoms with van der Waals surface area (Å²) in [5, 5.41) is 3.23. The third kappa shape index (κ3) is 5.21. The average Bonchev–Trinajstić information content (AvgIpc) is 2.57. The molecule has 1 saturated heterocycles. The van der Waals surface area contributed by atoms with Gasteiger partial charge in [0.25, 0.3) is 0 Å². The van der Waals surface area contributed by atoms with Gasteiger partial charge in [0.15, 0.2) is 0 Å². The van der Waals surface area contributed by atoms with Gasteiger partial charge in [-0.25, -0.2) is 0 Å². The van der Waals surface area contributed by atoms with Gasteiger partial charge in [-0.1, -0.05) is 37.1 Å². The molecule has 0 saturated carbocycles. The number of nitrogens with one attached hydrogen (secondary N) is 1. The summed E-state index contributed by atoms with van der Waals surface area (Å²) in [5.74, 6) is -0.269. The quantitative estimate of drug-likeness (QED) is 0.857. The Hall–Kier alpha value is -1.59. The van der Waals surface area contributed by atoms with Crippen molar-refractivity contribution in [1.82, 2.24) is 9.80 Å². The summed E-state index contributed by atoms with van der Waals surface area (Å²) in [6, 6.07) is 7.54. The summed E-state index contributed by atoms with van der Waals surface area (Å²) >= 11 is 6.03. The van der Waals surface area contributed by atoms with E-state index in [1.807, 2.05) is 0 Å². The van der Waals surface area contributed by atoms with E-state index in [0.717, 1.165) is 25.8 Å². The molecule has 5 nitrogen and oxygen atoms in total. The van der Waals surface area contributed by atoms with Crippen molar-refractivity contribution in [2.45, 2.75) is 38.6 Å². The number of rotatable bonds is 6. The lowest BCUT2D eigenvalue weighted by atomic mass is 10.00. The highest BCUT2D eigenvalue weighted by Crippen LogP contribution is 2.21. The number of anilines is 1. The highest BCUT2D eigenvalue weighted by atomic mass is 35.5. The number of likely N-dealkylation sites (tertiary alicyclic amines) is 1. The predicted molar refractivity (Wildman–Crippen MR) is 97.2 cm³/mol. The molecular weight excluding hydrogens is 326 g/mol. The Labute approximate surface area is 149 Å². The maximum absolute atomic E-state index is 12.4. The van der Waals surface area contributed by atoms with Crippen LogP contribution in [0.15, 0.2) is 24.3 Å². The molecule has 24 heavy (non-hydrogen) atoms. The first-order valence-corrected chi connectivity index (χ1v) is 8.91. The van der Waals surface area contributed by atoms with E-state index in [1.54, 1.807) is 31.3 Å². The second-order valence-corrected chi connectivity index (χ2v) is 6.71. The number of hydrogen-bond acceptors (Lipinski definition) is 3. The van der Waals surface area contributed by atoms with Crippen molar-refractivity contribution in [2.24, 2.45) is 0 Å². The Balaban J connectivity index is 1.84. The first-order valence-electron chi connectivity index (χ1n) is 8.53. The highest BCUT2D eigenvalue weighted by Gasteiger charge is 2.24. The Morgan fingerprint density at radius 3 is 2.79 bits per heavy atom. The number of piperidine rings is 1. The molecule has 1 aliphatic rings. The molecule has 1 atom stereocenters. The van der Waals surface area contributed by atoms with Gasteiger partial charge in [0.1, 0.15) is 0 Å². The van der Waals surface area contributed by atoms with Gasteiger partial charge in [0, 0.05) is 13.1 Å². The van der Waals surface area contributed by atoms with Gasteiger partial charge in [-0.05, 0) is 37.9 Å². The largest absolute Gasteiger partial charge is 0.335 e. The fourth-order valence-electron chi connectivity index (χ4n) is 3.08. The number of carbonyl (C=O) groups excluding carboxylic acids is 2. The van der Waals surface area contributed by atoms with E-state index < -0.39 is 0 Å². The minimum atomic E-state index is -0.246. The highest BCUT2D eigenvalue weighted by molar-refractivity contribution is 6.33. The van der Waals surface area contributed by atoms with Crippen LogP contribution in [0.25, 0.3) is 0 Å². The number of amides is 2. The van der Waals surface area contributed by atoms with Crippen molar-refractivity contribution in [1.29, 1.82) is 0 Å². The third-order valence-electron chi connectivity index (χ3n) is 4.51. The molecule has 6 heteroatoms. The summed E-state index contributed by atoms with van der Waals surface area (Å²) in [4.78, 5) is 28.2. The summed E-state index contributed by atoms with van der Waals surface area (Å²) in [7, 11) is 1.67. The number of para-hydroxylation sites is 1. The fraction of sp³-hybridized carbons (Fsp3) is 0.556. The molecule has 0 aliphatic carbocycles. The van der Waals surface area contributed by atoms with Gasteiger partial charge in [-0.2, -0.15) is 0 Å². The molecule has 0 unspecified atom stereocenters. The Kier molecular flexibility index (Phi) is 7.06. The molecule has 1 aromatic rings. The van der Waals surface area contributed by atoms with Crippen LogP contribution < -0.4 is 5.32 Å². The molecule has 1 N–H and O–H groups in total. The lowest BCUT2D eigenvalue weighted by molar-refractivity contribution is -0.135. The molecule has 2 rings (SSSR count). The molecule has 2 amide bonds. The summed E-state index contributed by atoms with van der Waals surface area (Å²) < 4.78 is 0. The van der Waals surface area contributed by atoms with E-state index in [1.165, 1.54) is 11.3 Å². The van der Waals surface area contributed by atoms with Crippen molar-refractivity contribution < 1.29 is 9.59 Å². The second kappa shape index (κ2) is 9.04. The average molecular weight is 352 g/mol. The van der Waals surface area contributed by atoms with Crippen molar-refractivity contribution in [2.75, 3.05) is 32.0 Å². The minimum absolute atomic E-state index is 0.0225. The number of nitrogens with zero attached hydrogens (tertiary/aromatic N) is 2. The van der Waals surface area contributed by atoms with Gasteiger partial charge >= 0.3 is 0 Å². The Bertz CT molecular complexity index is 579. The molecule has 132 valence electrons. The van der Waals surface area contributed by atoms with Crippen molar-refractivity contribution >= 4 is 29.1 Å². The summed E-state index contributed by atoms with van der Waals surface area (Å²) in [6.07, 6.45) is 4.59. The zero-order valence-corrected chi connectivity index (χ0v) is 15.2. The van der Waals surface area contributed by atoms with Crippen molar-refractivity contribution in [3.05, 3.63) is 29.3 Å². The number of likely N-dealkylation sites (N-methyl/N-ethyl adjacent to an activating group) is 1. The van der Waals surface area contributed by atoms with Gasteiger partial charge in [0.2, 0.25) is 11.8 Å². The first-order chi connectivity index (χ1) is 11.5. The minimum Gasteiger partial charge on any atom is -0.335 e. The van der Waals surface area contributed by atoms with Crippen LogP contribution in [0.4, 0.5) is 5.69 Å². The van der Waals surface area contributed by atoms with Crippen LogP contribution in [0.1, 0.15) is 32.6 Å². The number of hydrogen-bond donors (Lipinski definition) is 1. The molecule has 0 bridgehead atoms. The van der Waals surface area contributed by atoms with Gasteiger partial charge in [-0.15, -0.1) is 0 Å². The monoisotopic (exact) mass is 351 g/mol.